The van der Waals surface area contributed by atoms with Crippen LogP contribution >= 0.6 is 12.4 Å². The van der Waals surface area contributed by atoms with Crippen molar-refractivity contribution in [3.05, 3.63) is 0 Å². The number of aliphatic hydroxyl groups is 7. The number of ether oxygens (including phenoxy) is 1. The SMILES string of the molecule is CCCCCCCCCCCCCC[C@@H](O)[C@@H](O)[C@@H](N)C(O)C1O[C@H](CO)[C@@H](O)[C@H](O)[C@H]1O.Cl.O. The number of rotatable bonds is 18. The molecule has 9 atom stereocenters. The summed E-state index contributed by atoms with van der Waals surface area (Å²) in [5, 5.41) is 70.2. The van der Waals surface area contributed by atoms with Gasteiger partial charge in [0.05, 0.1) is 24.9 Å². The van der Waals surface area contributed by atoms with Crippen LogP contribution in [0.5, 0.6) is 0 Å². The first-order chi connectivity index (χ1) is 15.8. The van der Waals surface area contributed by atoms with Gasteiger partial charge in [-0.15, -0.1) is 12.4 Å². The van der Waals surface area contributed by atoms with Crippen LogP contribution in [0.4, 0.5) is 0 Å². The maximum absolute atomic E-state index is 10.5. The van der Waals surface area contributed by atoms with E-state index in [1.54, 1.807) is 0 Å². The summed E-state index contributed by atoms with van der Waals surface area (Å²) < 4.78 is 5.29. The second kappa shape index (κ2) is 20.9. The maximum atomic E-state index is 10.5. The molecule has 10 nitrogen and oxygen atoms in total. The number of aliphatic hydroxyl groups excluding tert-OH is 7. The van der Waals surface area contributed by atoms with Gasteiger partial charge in [-0.3, -0.25) is 0 Å². The van der Waals surface area contributed by atoms with E-state index in [4.69, 9.17) is 10.5 Å². The van der Waals surface area contributed by atoms with Crippen molar-refractivity contribution in [3.63, 3.8) is 0 Å². The highest BCUT2D eigenvalue weighted by atomic mass is 35.5. The van der Waals surface area contributed by atoms with E-state index < -0.39 is 61.5 Å². The Morgan fingerprint density at radius 1 is 0.743 bits per heavy atom. The average molecular weight is 534 g/mol. The van der Waals surface area contributed by atoms with Crippen LogP contribution in [0.25, 0.3) is 0 Å². The Balaban J connectivity index is 0. The van der Waals surface area contributed by atoms with Gasteiger partial charge in [-0.05, 0) is 6.42 Å². The van der Waals surface area contributed by atoms with Crippen LogP contribution in [0.15, 0.2) is 0 Å². The van der Waals surface area contributed by atoms with Crippen LogP contribution < -0.4 is 5.73 Å². The highest BCUT2D eigenvalue weighted by Crippen LogP contribution is 2.25. The maximum Gasteiger partial charge on any atom is 0.114 e. The molecule has 11 N–H and O–H groups in total. The molecule has 0 aliphatic carbocycles. The van der Waals surface area contributed by atoms with Crippen molar-refractivity contribution in [2.75, 3.05) is 6.61 Å². The van der Waals surface area contributed by atoms with Gasteiger partial charge in [-0.2, -0.15) is 0 Å². The van der Waals surface area contributed by atoms with E-state index in [-0.39, 0.29) is 17.9 Å². The van der Waals surface area contributed by atoms with Gasteiger partial charge in [0.25, 0.3) is 0 Å². The van der Waals surface area contributed by atoms with Gasteiger partial charge < -0.3 is 51.7 Å². The van der Waals surface area contributed by atoms with Gasteiger partial charge in [0.1, 0.15) is 36.6 Å². The van der Waals surface area contributed by atoms with Gasteiger partial charge in [-0.25, -0.2) is 0 Å². The molecule has 1 saturated heterocycles. The molecule has 0 aromatic heterocycles. The molecule has 0 aromatic carbocycles. The van der Waals surface area contributed by atoms with E-state index in [2.05, 4.69) is 6.92 Å². The summed E-state index contributed by atoms with van der Waals surface area (Å²) in [6, 6.07) is -1.35. The molecule has 1 fully saturated rings. The molecule has 35 heavy (non-hydrogen) atoms. The summed E-state index contributed by atoms with van der Waals surface area (Å²) >= 11 is 0. The average Bonchev–Trinajstić information content (AvgIpc) is 2.82. The third-order valence-electron chi connectivity index (χ3n) is 6.80. The standard InChI is InChI=1S/C24H49NO8.ClH.H2O/c1-2-3-4-5-6-7-8-9-10-11-12-13-14-16(27)19(28)18(25)21(30)24-23(32)22(31)20(29)17(15-26)33-24;;/h16-24,26-32H,2-15,25H2,1H3;1H;1H2/t16-,17-,18-,19-,20-,21?,22+,23-,24?;;/m1../s1. The van der Waals surface area contributed by atoms with E-state index in [9.17, 15) is 35.7 Å². The number of unbranched alkanes of at least 4 members (excludes halogenated alkanes) is 11. The van der Waals surface area contributed by atoms with Gasteiger partial charge in [0.15, 0.2) is 0 Å². The Hall–Kier alpha value is -0.110. The largest absolute Gasteiger partial charge is 0.412 e. The van der Waals surface area contributed by atoms with Crippen LogP contribution in [-0.4, -0.2) is 103 Å². The fourth-order valence-corrected chi connectivity index (χ4v) is 4.46. The van der Waals surface area contributed by atoms with Crippen molar-refractivity contribution in [2.24, 2.45) is 5.73 Å². The van der Waals surface area contributed by atoms with Crippen molar-refractivity contribution >= 4 is 12.4 Å². The molecule has 0 aromatic rings. The van der Waals surface area contributed by atoms with Crippen molar-refractivity contribution in [2.45, 2.75) is 145 Å². The summed E-state index contributed by atoms with van der Waals surface area (Å²) in [6.45, 7) is 1.59. The third-order valence-corrected chi connectivity index (χ3v) is 6.80. The Labute approximate surface area is 216 Å². The third kappa shape index (κ3) is 12.8. The first-order valence-corrected chi connectivity index (χ1v) is 12.9. The zero-order valence-electron chi connectivity index (χ0n) is 21.1. The highest BCUT2D eigenvalue weighted by Gasteiger charge is 2.48. The van der Waals surface area contributed by atoms with Gasteiger partial charge in [-0.1, -0.05) is 84.0 Å². The fraction of sp³-hybridized carbons (Fsp3) is 1.00. The first-order valence-electron chi connectivity index (χ1n) is 12.9. The van der Waals surface area contributed by atoms with Crippen LogP contribution in [0.3, 0.4) is 0 Å². The monoisotopic (exact) mass is 533 g/mol. The van der Waals surface area contributed by atoms with Gasteiger partial charge >= 0.3 is 0 Å². The quantitative estimate of drug-likeness (QED) is 0.111. The highest BCUT2D eigenvalue weighted by molar-refractivity contribution is 5.85. The molecule has 1 heterocycles. The topological polar surface area (TPSA) is 208 Å². The van der Waals surface area contributed by atoms with Gasteiger partial charge in [0, 0.05) is 0 Å². The van der Waals surface area contributed by atoms with Crippen molar-refractivity contribution < 1.29 is 46.0 Å². The van der Waals surface area contributed by atoms with E-state index in [0.29, 0.717) is 6.42 Å². The molecule has 11 heteroatoms. The fourth-order valence-electron chi connectivity index (χ4n) is 4.46. The molecular formula is C24H52ClNO9. The summed E-state index contributed by atoms with van der Waals surface area (Å²) in [6.07, 6.45) is 2.88. The Bertz CT molecular complexity index is 492. The molecule has 0 bridgehead atoms. The number of hydrogen-bond acceptors (Lipinski definition) is 9. The summed E-state index contributed by atoms with van der Waals surface area (Å²) in [4.78, 5) is 0. The summed E-state index contributed by atoms with van der Waals surface area (Å²) in [7, 11) is 0. The smallest absolute Gasteiger partial charge is 0.114 e. The van der Waals surface area contributed by atoms with Gasteiger partial charge in [0.2, 0.25) is 0 Å². The minimum atomic E-state index is -1.66. The lowest BCUT2D eigenvalue weighted by Crippen LogP contribution is -2.65. The second-order valence-electron chi connectivity index (χ2n) is 9.60. The number of nitrogens with two attached hydrogens (primary N) is 1. The molecule has 2 unspecified atom stereocenters. The zero-order valence-corrected chi connectivity index (χ0v) is 21.9. The Morgan fingerprint density at radius 2 is 1.20 bits per heavy atom. The van der Waals surface area contributed by atoms with Crippen LogP contribution in [-0.2, 0) is 4.74 Å². The van der Waals surface area contributed by atoms with Crippen molar-refractivity contribution in [3.8, 4) is 0 Å². The molecule has 0 radical (unpaired) electrons. The normalized spacial score (nSPS) is 27.9. The van der Waals surface area contributed by atoms with Crippen LogP contribution in [0.2, 0.25) is 0 Å². The summed E-state index contributed by atoms with van der Waals surface area (Å²) in [5.41, 5.74) is 5.90. The molecule has 214 valence electrons. The van der Waals surface area contributed by atoms with E-state index >= 15 is 0 Å². The predicted octanol–water partition coefficient (Wildman–Crippen LogP) is -0.0729. The second-order valence-corrected chi connectivity index (χ2v) is 9.60. The number of hydrogen-bond donors (Lipinski definition) is 8. The van der Waals surface area contributed by atoms with E-state index in [0.717, 1.165) is 25.7 Å². The molecule has 0 spiro atoms. The molecular weight excluding hydrogens is 482 g/mol. The molecule has 0 amide bonds. The molecule has 1 rings (SSSR count). The molecule has 1 aliphatic heterocycles. The minimum absolute atomic E-state index is 0. The van der Waals surface area contributed by atoms with Crippen LogP contribution in [0.1, 0.15) is 90.4 Å². The van der Waals surface area contributed by atoms with Crippen molar-refractivity contribution in [1.82, 2.24) is 0 Å². The van der Waals surface area contributed by atoms with E-state index in [1.165, 1.54) is 51.4 Å². The Morgan fingerprint density at radius 3 is 1.66 bits per heavy atom. The van der Waals surface area contributed by atoms with E-state index in [1.807, 2.05) is 0 Å². The lowest BCUT2D eigenvalue weighted by molar-refractivity contribution is -0.253. The summed E-state index contributed by atoms with van der Waals surface area (Å²) in [5.74, 6) is 0. The van der Waals surface area contributed by atoms with Crippen LogP contribution in [0, 0.1) is 0 Å². The molecule has 0 saturated carbocycles. The predicted molar refractivity (Wildman–Crippen MR) is 136 cm³/mol. The Kier molecular flexibility index (Phi) is 22.1. The minimum Gasteiger partial charge on any atom is -0.412 e. The zero-order chi connectivity index (χ0) is 24.8. The molecule has 1 aliphatic rings. The lowest BCUT2D eigenvalue weighted by atomic mass is 9.87. The lowest BCUT2D eigenvalue weighted by Gasteiger charge is -2.43. The first kappa shape index (κ1) is 37.0. The van der Waals surface area contributed by atoms with Crippen molar-refractivity contribution in [1.29, 1.82) is 0 Å². The number of halogens is 1.